The highest BCUT2D eigenvalue weighted by molar-refractivity contribution is 5.39. The van der Waals surface area contributed by atoms with E-state index in [1.165, 1.54) is 16.7 Å². The molecule has 3 heteroatoms. The fourth-order valence-electron chi connectivity index (χ4n) is 2.63. The highest BCUT2D eigenvalue weighted by Crippen LogP contribution is 2.29. The van der Waals surface area contributed by atoms with Crippen LogP contribution in [-0.2, 0) is 0 Å². The molecular formula is C18H24N2O. The summed E-state index contributed by atoms with van der Waals surface area (Å²) in [5.74, 6) is 0.824. The van der Waals surface area contributed by atoms with Crippen LogP contribution in [0.1, 0.15) is 41.8 Å². The van der Waals surface area contributed by atoms with Crippen molar-refractivity contribution >= 4 is 0 Å². The van der Waals surface area contributed by atoms with E-state index in [1.54, 1.807) is 7.11 Å². The molecule has 0 amide bonds. The number of hydrogen-bond acceptors (Lipinski definition) is 3. The van der Waals surface area contributed by atoms with Crippen molar-refractivity contribution in [1.82, 2.24) is 10.3 Å². The highest BCUT2D eigenvalue weighted by atomic mass is 16.5. The molecule has 0 aliphatic rings. The van der Waals surface area contributed by atoms with Gasteiger partial charge in [0.15, 0.2) is 0 Å². The van der Waals surface area contributed by atoms with E-state index in [1.807, 2.05) is 18.3 Å². The van der Waals surface area contributed by atoms with Gasteiger partial charge in [-0.05, 0) is 44.5 Å². The highest BCUT2D eigenvalue weighted by Gasteiger charge is 2.19. The minimum absolute atomic E-state index is 0.0553. The number of benzene rings is 1. The monoisotopic (exact) mass is 284 g/mol. The molecule has 1 heterocycles. The summed E-state index contributed by atoms with van der Waals surface area (Å²) in [4.78, 5) is 4.55. The number of aryl methyl sites for hydroxylation is 2. The molecule has 0 saturated heterocycles. The van der Waals surface area contributed by atoms with Crippen molar-refractivity contribution in [2.24, 2.45) is 0 Å². The van der Waals surface area contributed by atoms with E-state index < -0.39 is 0 Å². The van der Waals surface area contributed by atoms with Gasteiger partial charge in [-0.3, -0.25) is 4.98 Å². The summed E-state index contributed by atoms with van der Waals surface area (Å²) in [6, 6.07) is 10.5. The molecule has 1 aromatic carbocycles. The van der Waals surface area contributed by atoms with E-state index in [9.17, 15) is 0 Å². The number of aromatic nitrogens is 1. The Morgan fingerprint density at radius 2 is 1.90 bits per heavy atom. The molecule has 0 bridgehead atoms. The third kappa shape index (κ3) is 3.82. The minimum Gasteiger partial charge on any atom is -0.495 e. The zero-order valence-electron chi connectivity index (χ0n) is 13.3. The molecule has 2 aromatic rings. The molecule has 0 aliphatic heterocycles. The van der Waals surface area contributed by atoms with E-state index in [0.717, 1.165) is 24.4 Å². The van der Waals surface area contributed by atoms with Gasteiger partial charge in [-0.1, -0.05) is 36.2 Å². The molecule has 0 radical (unpaired) electrons. The molecule has 112 valence electrons. The first-order valence-corrected chi connectivity index (χ1v) is 7.46. The Kier molecular flexibility index (Phi) is 5.34. The first kappa shape index (κ1) is 15.5. The van der Waals surface area contributed by atoms with Crippen LogP contribution in [0, 0.1) is 13.8 Å². The van der Waals surface area contributed by atoms with Gasteiger partial charge in [0.2, 0.25) is 0 Å². The number of pyridine rings is 1. The summed E-state index contributed by atoms with van der Waals surface area (Å²) < 4.78 is 5.49. The molecular weight excluding hydrogens is 260 g/mol. The lowest BCUT2D eigenvalue weighted by molar-refractivity contribution is 0.399. The smallest absolute Gasteiger partial charge is 0.142 e. The summed E-state index contributed by atoms with van der Waals surface area (Å²) in [6.07, 6.45) is 2.90. The summed E-state index contributed by atoms with van der Waals surface area (Å²) >= 11 is 0. The number of rotatable bonds is 6. The molecule has 0 spiro atoms. The van der Waals surface area contributed by atoms with E-state index in [2.05, 4.69) is 49.3 Å². The average Bonchev–Trinajstić information content (AvgIpc) is 2.47. The Labute approximate surface area is 127 Å². The zero-order valence-corrected chi connectivity index (χ0v) is 13.3. The van der Waals surface area contributed by atoms with Gasteiger partial charge in [-0.25, -0.2) is 0 Å². The second-order valence-electron chi connectivity index (χ2n) is 5.40. The Bertz CT molecular complexity index is 575. The van der Waals surface area contributed by atoms with Crippen molar-refractivity contribution in [2.75, 3.05) is 13.7 Å². The lowest BCUT2D eigenvalue weighted by Gasteiger charge is -2.21. The van der Waals surface area contributed by atoms with Crippen LogP contribution < -0.4 is 10.1 Å². The van der Waals surface area contributed by atoms with Crippen LogP contribution in [0.2, 0.25) is 0 Å². The van der Waals surface area contributed by atoms with Crippen LogP contribution in [0.5, 0.6) is 5.75 Å². The van der Waals surface area contributed by atoms with Gasteiger partial charge in [0.05, 0.1) is 13.2 Å². The van der Waals surface area contributed by atoms with Gasteiger partial charge in [0.1, 0.15) is 11.4 Å². The normalized spacial score (nSPS) is 12.2. The minimum atomic E-state index is 0.0553. The van der Waals surface area contributed by atoms with Crippen molar-refractivity contribution in [3.05, 3.63) is 58.9 Å². The molecule has 1 aromatic heterocycles. The predicted octanol–water partition coefficient (Wildman–Crippen LogP) is 3.80. The van der Waals surface area contributed by atoms with Gasteiger partial charge in [0.25, 0.3) is 0 Å². The van der Waals surface area contributed by atoms with Crippen LogP contribution in [0.25, 0.3) is 0 Å². The lowest BCUT2D eigenvalue weighted by atomic mass is 9.98. The van der Waals surface area contributed by atoms with Crippen molar-refractivity contribution in [3.8, 4) is 5.75 Å². The maximum absolute atomic E-state index is 5.49. The topological polar surface area (TPSA) is 34.2 Å². The summed E-state index contributed by atoms with van der Waals surface area (Å²) in [6.45, 7) is 7.37. The van der Waals surface area contributed by atoms with Crippen LogP contribution in [0.3, 0.4) is 0 Å². The van der Waals surface area contributed by atoms with E-state index in [0.29, 0.717) is 0 Å². The average molecular weight is 284 g/mol. The Morgan fingerprint density at radius 3 is 2.52 bits per heavy atom. The first-order chi connectivity index (χ1) is 10.2. The quantitative estimate of drug-likeness (QED) is 0.876. The number of nitrogens with one attached hydrogen (secondary N) is 1. The fraction of sp³-hybridized carbons (Fsp3) is 0.389. The molecule has 1 N–H and O–H groups in total. The fourth-order valence-corrected chi connectivity index (χ4v) is 2.63. The summed E-state index contributed by atoms with van der Waals surface area (Å²) in [7, 11) is 1.69. The predicted molar refractivity (Wildman–Crippen MR) is 86.8 cm³/mol. The number of hydrogen-bond donors (Lipinski definition) is 1. The SMILES string of the molecule is CCCNC(c1cc(C)cc(C)c1)c1ncccc1OC. The molecule has 1 unspecified atom stereocenters. The molecule has 21 heavy (non-hydrogen) atoms. The van der Waals surface area contributed by atoms with Crippen molar-refractivity contribution in [2.45, 2.75) is 33.2 Å². The largest absolute Gasteiger partial charge is 0.495 e. The lowest BCUT2D eigenvalue weighted by Crippen LogP contribution is -2.24. The number of ether oxygens (including phenoxy) is 1. The van der Waals surface area contributed by atoms with Gasteiger partial charge in [0, 0.05) is 6.20 Å². The second kappa shape index (κ2) is 7.23. The third-order valence-electron chi connectivity index (χ3n) is 3.47. The maximum Gasteiger partial charge on any atom is 0.142 e. The van der Waals surface area contributed by atoms with Crippen LogP contribution in [-0.4, -0.2) is 18.6 Å². The van der Waals surface area contributed by atoms with Crippen LogP contribution in [0.4, 0.5) is 0 Å². The van der Waals surface area contributed by atoms with Crippen molar-refractivity contribution in [1.29, 1.82) is 0 Å². The van der Waals surface area contributed by atoms with Gasteiger partial charge in [-0.15, -0.1) is 0 Å². The maximum atomic E-state index is 5.49. The van der Waals surface area contributed by atoms with Crippen molar-refractivity contribution < 1.29 is 4.74 Å². The van der Waals surface area contributed by atoms with Crippen molar-refractivity contribution in [3.63, 3.8) is 0 Å². The Hall–Kier alpha value is -1.87. The number of methoxy groups -OCH3 is 1. The van der Waals surface area contributed by atoms with Gasteiger partial charge < -0.3 is 10.1 Å². The Balaban J connectivity index is 2.46. The summed E-state index contributed by atoms with van der Waals surface area (Å²) in [5.41, 5.74) is 4.71. The third-order valence-corrected chi connectivity index (χ3v) is 3.47. The summed E-state index contributed by atoms with van der Waals surface area (Å²) in [5, 5.41) is 3.59. The standard InChI is InChI=1S/C18H24N2O/c1-5-8-19-17(15-11-13(2)10-14(3)12-15)18-16(21-4)7-6-9-20-18/h6-7,9-12,17,19H,5,8H2,1-4H3. The van der Waals surface area contributed by atoms with E-state index in [4.69, 9.17) is 4.74 Å². The molecule has 0 aliphatic carbocycles. The zero-order chi connectivity index (χ0) is 15.2. The molecule has 0 fully saturated rings. The molecule has 0 saturated carbocycles. The van der Waals surface area contributed by atoms with Crippen LogP contribution >= 0.6 is 0 Å². The first-order valence-electron chi connectivity index (χ1n) is 7.46. The number of nitrogens with zero attached hydrogens (tertiary/aromatic N) is 1. The van der Waals surface area contributed by atoms with Crippen LogP contribution in [0.15, 0.2) is 36.5 Å². The second-order valence-corrected chi connectivity index (χ2v) is 5.40. The molecule has 2 rings (SSSR count). The van der Waals surface area contributed by atoms with E-state index in [-0.39, 0.29) is 6.04 Å². The van der Waals surface area contributed by atoms with Gasteiger partial charge in [-0.2, -0.15) is 0 Å². The molecule has 1 atom stereocenters. The van der Waals surface area contributed by atoms with E-state index >= 15 is 0 Å². The Morgan fingerprint density at radius 1 is 1.19 bits per heavy atom. The molecule has 3 nitrogen and oxygen atoms in total. The van der Waals surface area contributed by atoms with Gasteiger partial charge >= 0.3 is 0 Å².